The average Bonchev–Trinajstić information content (AvgIpc) is 3.05. The van der Waals surface area contributed by atoms with Crippen LogP contribution in [0.25, 0.3) is 10.9 Å². The molecular weight excluding hydrogens is 304 g/mol. The minimum atomic E-state index is -0.392. The van der Waals surface area contributed by atoms with Gasteiger partial charge < -0.3 is 10.7 Å². The smallest absolute Gasteiger partial charge is 0.276 e. The second-order valence-electron chi connectivity index (χ2n) is 4.96. The molecule has 0 spiro atoms. The molecule has 3 rings (SSSR count). The summed E-state index contributed by atoms with van der Waals surface area (Å²) in [7, 11) is 0. The summed E-state index contributed by atoms with van der Waals surface area (Å²) in [6.07, 6.45) is 0.565. The number of hydrogen-bond acceptors (Lipinski definition) is 4. The van der Waals surface area contributed by atoms with Crippen molar-refractivity contribution in [1.29, 1.82) is 0 Å². The van der Waals surface area contributed by atoms with Crippen LogP contribution in [0.4, 0.5) is 5.95 Å². The van der Waals surface area contributed by atoms with Crippen molar-refractivity contribution in [2.24, 2.45) is 5.73 Å². The van der Waals surface area contributed by atoms with Crippen LogP contribution in [-0.4, -0.2) is 32.6 Å². The molecule has 1 amide bonds. The first-order valence-corrected chi connectivity index (χ1v) is 7.17. The van der Waals surface area contributed by atoms with Gasteiger partial charge in [0.05, 0.1) is 5.02 Å². The molecule has 0 aliphatic carbocycles. The zero-order valence-corrected chi connectivity index (χ0v) is 12.7. The molecule has 0 aliphatic heterocycles. The number of halogens is 1. The zero-order valence-electron chi connectivity index (χ0n) is 11.9. The van der Waals surface area contributed by atoms with E-state index >= 15 is 0 Å². The highest BCUT2D eigenvalue weighted by Crippen LogP contribution is 2.28. The lowest BCUT2D eigenvalue weighted by molar-refractivity contribution is 0.102. The molecule has 0 unspecified atom stereocenters. The highest BCUT2D eigenvalue weighted by Gasteiger charge is 2.18. The Hall–Kier alpha value is -2.38. The van der Waals surface area contributed by atoms with Gasteiger partial charge in [-0.05, 0) is 25.6 Å². The van der Waals surface area contributed by atoms with Gasteiger partial charge in [0.15, 0.2) is 0 Å². The lowest BCUT2D eigenvalue weighted by Crippen LogP contribution is -2.14. The lowest BCUT2D eigenvalue weighted by Gasteiger charge is -1.98. The van der Waals surface area contributed by atoms with Crippen molar-refractivity contribution >= 4 is 34.4 Å². The summed E-state index contributed by atoms with van der Waals surface area (Å²) in [4.78, 5) is 19.5. The van der Waals surface area contributed by atoms with Gasteiger partial charge in [0.25, 0.3) is 5.91 Å². The van der Waals surface area contributed by atoms with Gasteiger partial charge in [-0.2, -0.15) is 4.98 Å². The SMILES string of the molecule is Cc1ccc2[nH]c(C(=O)Nc3n[nH]c(CCN)n3)c(Cl)c2c1. The van der Waals surface area contributed by atoms with Gasteiger partial charge in [0.2, 0.25) is 5.95 Å². The topological polar surface area (TPSA) is 112 Å². The zero-order chi connectivity index (χ0) is 15.7. The summed E-state index contributed by atoms with van der Waals surface area (Å²) >= 11 is 6.29. The van der Waals surface area contributed by atoms with E-state index in [-0.39, 0.29) is 11.6 Å². The predicted molar refractivity (Wildman–Crippen MR) is 85.1 cm³/mol. The number of rotatable bonds is 4. The molecule has 5 N–H and O–H groups in total. The van der Waals surface area contributed by atoms with Crippen LogP contribution in [-0.2, 0) is 6.42 Å². The highest BCUT2D eigenvalue weighted by atomic mass is 35.5. The molecular formula is C14H15ClN6O. The fourth-order valence-corrected chi connectivity index (χ4v) is 2.48. The van der Waals surface area contributed by atoms with Crippen LogP contribution < -0.4 is 11.1 Å². The number of anilines is 1. The van der Waals surface area contributed by atoms with Crippen LogP contribution in [0.1, 0.15) is 21.9 Å². The maximum Gasteiger partial charge on any atom is 0.276 e. The van der Waals surface area contributed by atoms with Crippen LogP contribution in [0.15, 0.2) is 18.2 Å². The first-order chi connectivity index (χ1) is 10.6. The van der Waals surface area contributed by atoms with E-state index in [0.717, 1.165) is 16.5 Å². The molecule has 3 aromatic rings. The number of nitrogens with one attached hydrogen (secondary N) is 3. The number of hydrogen-bond donors (Lipinski definition) is 4. The number of aromatic nitrogens is 4. The third kappa shape index (κ3) is 2.68. The number of benzene rings is 1. The molecule has 0 saturated heterocycles. The fourth-order valence-electron chi connectivity index (χ4n) is 2.19. The van der Waals surface area contributed by atoms with Crippen molar-refractivity contribution in [1.82, 2.24) is 20.2 Å². The fraction of sp³-hybridized carbons (Fsp3) is 0.214. The second kappa shape index (κ2) is 5.78. The Morgan fingerprint density at radius 1 is 1.45 bits per heavy atom. The predicted octanol–water partition coefficient (Wildman–Crippen LogP) is 2.00. The Bertz CT molecular complexity index is 837. The van der Waals surface area contributed by atoms with Gasteiger partial charge in [-0.3, -0.25) is 15.2 Å². The van der Waals surface area contributed by atoms with Crippen molar-refractivity contribution in [2.75, 3.05) is 11.9 Å². The molecule has 0 atom stereocenters. The van der Waals surface area contributed by atoms with Crippen LogP contribution in [0, 0.1) is 6.92 Å². The molecule has 2 heterocycles. The van der Waals surface area contributed by atoms with E-state index in [9.17, 15) is 4.79 Å². The third-order valence-electron chi connectivity index (χ3n) is 3.26. The molecule has 1 aromatic carbocycles. The number of amides is 1. The number of H-pyrrole nitrogens is 2. The number of nitrogens with zero attached hydrogens (tertiary/aromatic N) is 2. The van der Waals surface area contributed by atoms with Gasteiger partial charge in [-0.15, -0.1) is 5.10 Å². The minimum Gasteiger partial charge on any atom is -0.349 e. The maximum atomic E-state index is 12.3. The van der Waals surface area contributed by atoms with E-state index in [1.165, 1.54) is 0 Å². The van der Waals surface area contributed by atoms with Gasteiger partial charge >= 0.3 is 0 Å². The summed E-state index contributed by atoms with van der Waals surface area (Å²) in [5.74, 6) is 0.424. The molecule has 0 radical (unpaired) electrons. The summed E-state index contributed by atoms with van der Waals surface area (Å²) < 4.78 is 0. The Kier molecular flexibility index (Phi) is 3.82. The lowest BCUT2D eigenvalue weighted by atomic mass is 10.2. The Morgan fingerprint density at radius 3 is 3.05 bits per heavy atom. The van der Waals surface area contributed by atoms with Crippen molar-refractivity contribution in [3.05, 3.63) is 40.3 Å². The summed E-state index contributed by atoms with van der Waals surface area (Å²) in [6.45, 7) is 2.42. The van der Waals surface area contributed by atoms with Crippen molar-refractivity contribution in [3.63, 3.8) is 0 Å². The second-order valence-corrected chi connectivity index (χ2v) is 5.34. The number of aryl methyl sites for hydroxylation is 1. The molecule has 114 valence electrons. The number of fused-ring (bicyclic) bond motifs is 1. The molecule has 0 aliphatic rings. The standard InChI is InChI=1S/C14H15ClN6O/c1-7-2-3-9-8(6-7)11(15)12(17-9)13(22)19-14-18-10(4-5-16)20-21-14/h2-3,6,17H,4-5,16H2,1H3,(H2,18,19,20,21,22). The van der Waals surface area contributed by atoms with Gasteiger partial charge in [-0.1, -0.05) is 23.2 Å². The number of carbonyl (C=O) groups excluding carboxylic acids is 1. The largest absolute Gasteiger partial charge is 0.349 e. The number of carbonyl (C=O) groups is 1. The maximum absolute atomic E-state index is 12.3. The Labute approximate surface area is 131 Å². The first kappa shape index (κ1) is 14.6. The quantitative estimate of drug-likeness (QED) is 0.589. The summed E-state index contributed by atoms with van der Waals surface area (Å²) in [5, 5.41) is 10.4. The Morgan fingerprint density at radius 2 is 2.27 bits per heavy atom. The van der Waals surface area contributed by atoms with Crippen LogP contribution in [0.2, 0.25) is 5.02 Å². The summed E-state index contributed by atoms with van der Waals surface area (Å²) in [5.41, 5.74) is 7.60. The normalized spacial score (nSPS) is 11.0. The van der Waals surface area contributed by atoms with E-state index in [1.807, 2.05) is 25.1 Å². The van der Waals surface area contributed by atoms with E-state index in [2.05, 4.69) is 25.5 Å². The highest BCUT2D eigenvalue weighted by molar-refractivity contribution is 6.39. The average molecular weight is 319 g/mol. The van der Waals surface area contributed by atoms with E-state index < -0.39 is 5.91 Å². The molecule has 0 bridgehead atoms. The Balaban J connectivity index is 1.86. The van der Waals surface area contributed by atoms with Crippen LogP contribution >= 0.6 is 11.6 Å². The molecule has 7 nitrogen and oxygen atoms in total. The first-order valence-electron chi connectivity index (χ1n) is 6.79. The molecule has 2 aromatic heterocycles. The van der Waals surface area contributed by atoms with Crippen molar-refractivity contribution in [3.8, 4) is 0 Å². The molecule has 22 heavy (non-hydrogen) atoms. The van der Waals surface area contributed by atoms with Crippen molar-refractivity contribution in [2.45, 2.75) is 13.3 Å². The van der Waals surface area contributed by atoms with E-state index in [4.69, 9.17) is 17.3 Å². The van der Waals surface area contributed by atoms with Gasteiger partial charge in [-0.25, -0.2) is 0 Å². The van der Waals surface area contributed by atoms with E-state index in [0.29, 0.717) is 23.8 Å². The van der Waals surface area contributed by atoms with Gasteiger partial charge in [0.1, 0.15) is 11.5 Å². The number of nitrogens with two attached hydrogens (primary N) is 1. The molecule has 0 fully saturated rings. The minimum absolute atomic E-state index is 0.194. The van der Waals surface area contributed by atoms with E-state index in [1.54, 1.807) is 0 Å². The molecule has 0 saturated carbocycles. The van der Waals surface area contributed by atoms with Gasteiger partial charge in [0, 0.05) is 17.3 Å². The van der Waals surface area contributed by atoms with Crippen LogP contribution in [0.3, 0.4) is 0 Å². The van der Waals surface area contributed by atoms with Crippen molar-refractivity contribution < 1.29 is 4.79 Å². The molecule has 8 heteroatoms. The third-order valence-corrected chi connectivity index (χ3v) is 3.65. The van der Waals surface area contributed by atoms with Crippen LogP contribution in [0.5, 0.6) is 0 Å². The number of aromatic amines is 2. The monoisotopic (exact) mass is 318 g/mol. The summed E-state index contributed by atoms with van der Waals surface area (Å²) in [6, 6.07) is 5.77.